The molecule has 2 aromatic carbocycles. The summed E-state index contributed by atoms with van der Waals surface area (Å²) < 4.78 is 16.4. The van der Waals surface area contributed by atoms with Crippen LogP contribution in [-0.4, -0.2) is 11.8 Å². The SMILES string of the molecule is Cc1c(OC(=O)c2cccc(Cl)c2)ccc2c1O/C(=C\c1ccco1)C2=O. The van der Waals surface area contributed by atoms with Gasteiger partial charge in [0.25, 0.3) is 0 Å². The number of ketones is 1. The van der Waals surface area contributed by atoms with Gasteiger partial charge < -0.3 is 13.9 Å². The van der Waals surface area contributed by atoms with Gasteiger partial charge in [0.05, 0.1) is 17.4 Å². The van der Waals surface area contributed by atoms with Crippen molar-refractivity contribution in [3.8, 4) is 11.5 Å². The van der Waals surface area contributed by atoms with Crippen molar-refractivity contribution >= 4 is 29.4 Å². The van der Waals surface area contributed by atoms with E-state index < -0.39 is 5.97 Å². The number of carbonyl (C=O) groups excluding carboxylic acids is 2. The van der Waals surface area contributed by atoms with Gasteiger partial charge in [-0.25, -0.2) is 4.79 Å². The Kier molecular flexibility index (Phi) is 4.30. The molecule has 5 nitrogen and oxygen atoms in total. The molecule has 0 fully saturated rings. The van der Waals surface area contributed by atoms with Gasteiger partial charge in [0, 0.05) is 16.7 Å². The van der Waals surface area contributed by atoms with Gasteiger partial charge in [0.2, 0.25) is 5.78 Å². The number of hydrogen-bond acceptors (Lipinski definition) is 5. The maximum absolute atomic E-state index is 12.5. The lowest BCUT2D eigenvalue weighted by Crippen LogP contribution is -2.09. The lowest BCUT2D eigenvalue weighted by molar-refractivity contribution is 0.0733. The summed E-state index contributed by atoms with van der Waals surface area (Å²) in [6, 6.07) is 13.1. The Balaban J connectivity index is 1.62. The molecule has 0 amide bonds. The smallest absolute Gasteiger partial charge is 0.343 e. The van der Waals surface area contributed by atoms with Gasteiger partial charge in [0.15, 0.2) is 5.76 Å². The molecule has 134 valence electrons. The highest BCUT2D eigenvalue weighted by Crippen LogP contribution is 2.39. The molecule has 1 aliphatic rings. The molecule has 0 saturated heterocycles. The fourth-order valence-corrected chi connectivity index (χ4v) is 2.95. The van der Waals surface area contributed by atoms with Crippen molar-refractivity contribution in [3.05, 3.63) is 88.0 Å². The monoisotopic (exact) mass is 380 g/mol. The van der Waals surface area contributed by atoms with E-state index in [1.54, 1.807) is 49.4 Å². The van der Waals surface area contributed by atoms with Gasteiger partial charge in [-0.15, -0.1) is 0 Å². The molecule has 0 unspecified atom stereocenters. The first-order valence-electron chi connectivity index (χ1n) is 8.12. The number of rotatable bonds is 3. The van der Waals surface area contributed by atoms with E-state index in [0.717, 1.165) is 0 Å². The van der Waals surface area contributed by atoms with Gasteiger partial charge in [-0.2, -0.15) is 0 Å². The third kappa shape index (κ3) is 3.25. The average molecular weight is 381 g/mol. The molecule has 1 aromatic heterocycles. The molecule has 0 bridgehead atoms. The number of Topliss-reactive ketones (excluding diaryl/α,β-unsaturated/α-hetero) is 1. The van der Waals surface area contributed by atoms with Crippen LogP contribution in [0.2, 0.25) is 5.02 Å². The molecular weight excluding hydrogens is 368 g/mol. The van der Waals surface area contributed by atoms with Crippen LogP contribution in [0.25, 0.3) is 6.08 Å². The lowest BCUT2D eigenvalue weighted by atomic mass is 10.1. The van der Waals surface area contributed by atoms with Gasteiger partial charge in [-0.3, -0.25) is 4.79 Å². The highest BCUT2D eigenvalue weighted by Gasteiger charge is 2.30. The normalized spacial score (nSPS) is 14.1. The molecule has 0 saturated carbocycles. The highest BCUT2D eigenvalue weighted by molar-refractivity contribution is 6.30. The zero-order valence-electron chi connectivity index (χ0n) is 14.2. The second-order valence-electron chi connectivity index (χ2n) is 5.92. The Hall–Kier alpha value is -3.31. The first-order chi connectivity index (χ1) is 13.0. The lowest BCUT2D eigenvalue weighted by Gasteiger charge is -2.10. The topological polar surface area (TPSA) is 65.7 Å². The summed E-state index contributed by atoms with van der Waals surface area (Å²) in [6.07, 6.45) is 3.04. The van der Waals surface area contributed by atoms with Crippen LogP contribution >= 0.6 is 11.6 Å². The number of allylic oxidation sites excluding steroid dienone is 1. The number of hydrogen-bond donors (Lipinski definition) is 0. The van der Waals surface area contributed by atoms with Crippen molar-refractivity contribution in [3.63, 3.8) is 0 Å². The van der Waals surface area contributed by atoms with Crippen molar-refractivity contribution in [2.45, 2.75) is 6.92 Å². The zero-order chi connectivity index (χ0) is 19.0. The molecule has 0 aliphatic carbocycles. The first-order valence-corrected chi connectivity index (χ1v) is 8.50. The van der Waals surface area contributed by atoms with Crippen molar-refractivity contribution in [1.82, 2.24) is 0 Å². The van der Waals surface area contributed by atoms with E-state index in [0.29, 0.717) is 39.0 Å². The largest absolute Gasteiger partial charge is 0.465 e. The van der Waals surface area contributed by atoms with E-state index in [-0.39, 0.29) is 11.5 Å². The van der Waals surface area contributed by atoms with Crippen LogP contribution in [0.5, 0.6) is 11.5 Å². The first kappa shape index (κ1) is 17.1. The summed E-state index contributed by atoms with van der Waals surface area (Å²) in [4.78, 5) is 24.9. The van der Waals surface area contributed by atoms with Crippen molar-refractivity contribution in [2.75, 3.05) is 0 Å². The minimum atomic E-state index is -0.545. The molecule has 0 spiro atoms. The van der Waals surface area contributed by atoms with Crippen molar-refractivity contribution in [2.24, 2.45) is 0 Å². The summed E-state index contributed by atoms with van der Waals surface area (Å²) in [5.74, 6) is 0.547. The third-order valence-electron chi connectivity index (χ3n) is 4.12. The maximum Gasteiger partial charge on any atom is 0.343 e. The van der Waals surface area contributed by atoms with Crippen molar-refractivity contribution in [1.29, 1.82) is 0 Å². The molecule has 27 heavy (non-hydrogen) atoms. The van der Waals surface area contributed by atoms with Gasteiger partial charge >= 0.3 is 5.97 Å². The fraction of sp³-hybridized carbons (Fsp3) is 0.0476. The van der Waals surface area contributed by atoms with E-state index in [1.165, 1.54) is 18.4 Å². The van der Waals surface area contributed by atoms with Crippen LogP contribution in [0, 0.1) is 6.92 Å². The van der Waals surface area contributed by atoms with Crippen molar-refractivity contribution < 1.29 is 23.5 Å². The number of furan rings is 1. The Morgan fingerprint density at radius 2 is 2.00 bits per heavy atom. The van der Waals surface area contributed by atoms with Crippen LogP contribution in [0.4, 0.5) is 0 Å². The molecular formula is C21H13ClO5. The summed E-state index contributed by atoms with van der Waals surface area (Å²) in [7, 11) is 0. The summed E-state index contributed by atoms with van der Waals surface area (Å²) in [5, 5.41) is 0.441. The number of fused-ring (bicyclic) bond motifs is 1. The molecule has 3 aromatic rings. The number of carbonyl (C=O) groups is 2. The molecule has 0 atom stereocenters. The standard InChI is InChI=1S/C21H13ClO5/c1-12-17(27-21(24)13-4-2-5-14(22)10-13)8-7-16-19(23)18(26-20(12)16)11-15-6-3-9-25-15/h2-11H,1H3/b18-11-. The third-order valence-corrected chi connectivity index (χ3v) is 4.35. The molecule has 6 heteroatoms. The van der Waals surface area contributed by atoms with Crippen LogP contribution in [0.3, 0.4) is 0 Å². The Bertz CT molecular complexity index is 1080. The van der Waals surface area contributed by atoms with E-state index in [4.69, 9.17) is 25.5 Å². The average Bonchev–Trinajstić information content (AvgIpc) is 3.27. The van der Waals surface area contributed by atoms with E-state index in [9.17, 15) is 9.59 Å². The predicted octanol–water partition coefficient (Wildman–Crippen LogP) is 5.08. The van der Waals surface area contributed by atoms with Crippen LogP contribution in [-0.2, 0) is 0 Å². The quantitative estimate of drug-likeness (QED) is 0.360. The minimum absolute atomic E-state index is 0.154. The summed E-state index contributed by atoms with van der Waals surface area (Å²) >= 11 is 5.91. The Morgan fingerprint density at radius 3 is 2.74 bits per heavy atom. The maximum atomic E-state index is 12.5. The molecule has 0 N–H and O–H groups in total. The number of benzene rings is 2. The number of esters is 1. The minimum Gasteiger partial charge on any atom is -0.465 e. The Labute approximate surface area is 159 Å². The summed E-state index contributed by atoms with van der Waals surface area (Å²) in [5.41, 5.74) is 1.30. The molecule has 0 radical (unpaired) electrons. The van der Waals surface area contributed by atoms with Crippen LogP contribution in [0.1, 0.15) is 32.0 Å². The second-order valence-corrected chi connectivity index (χ2v) is 6.36. The summed E-state index contributed by atoms with van der Waals surface area (Å²) in [6.45, 7) is 1.72. The van der Waals surface area contributed by atoms with Crippen LogP contribution < -0.4 is 9.47 Å². The predicted molar refractivity (Wildman–Crippen MR) is 99.2 cm³/mol. The second kappa shape index (κ2) is 6.78. The van der Waals surface area contributed by atoms with E-state index in [2.05, 4.69) is 0 Å². The highest BCUT2D eigenvalue weighted by atomic mass is 35.5. The van der Waals surface area contributed by atoms with E-state index in [1.807, 2.05) is 0 Å². The molecule has 1 aliphatic heterocycles. The molecule has 2 heterocycles. The van der Waals surface area contributed by atoms with E-state index >= 15 is 0 Å². The Morgan fingerprint density at radius 1 is 1.15 bits per heavy atom. The van der Waals surface area contributed by atoms with Gasteiger partial charge in [-0.1, -0.05) is 17.7 Å². The number of ether oxygens (including phenoxy) is 2. The molecule has 4 rings (SSSR count). The van der Waals surface area contributed by atoms with Gasteiger partial charge in [-0.05, 0) is 49.4 Å². The fourth-order valence-electron chi connectivity index (χ4n) is 2.76. The zero-order valence-corrected chi connectivity index (χ0v) is 14.9. The number of halogens is 1. The van der Waals surface area contributed by atoms with Crippen LogP contribution in [0.15, 0.2) is 65.0 Å². The van der Waals surface area contributed by atoms with Gasteiger partial charge in [0.1, 0.15) is 17.3 Å².